The Bertz CT molecular complexity index is 1320. The van der Waals surface area contributed by atoms with E-state index in [9.17, 15) is 18.8 Å². The molecular weight excluding hydrogens is 483 g/mol. The zero-order valence-corrected chi connectivity index (χ0v) is 20.0. The minimum atomic E-state index is -0.732. The maximum absolute atomic E-state index is 14.1. The molecule has 3 amide bonds. The summed E-state index contributed by atoms with van der Waals surface area (Å²) >= 11 is 5.79. The molecule has 4 rings (SSSR count). The lowest BCUT2D eigenvalue weighted by Crippen LogP contribution is -2.43. The first-order valence-electron chi connectivity index (χ1n) is 11.2. The van der Waals surface area contributed by atoms with Gasteiger partial charge < -0.3 is 21.2 Å². The van der Waals surface area contributed by atoms with Crippen LogP contribution >= 0.6 is 11.6 Å². The van der Waals surface area contributed by atoms with Gasteiger partial charge in [-0.05, 0) is 25.0 Å². The van der Waals surface area contributed by atoms with Crippen LogP contribution in [0.15, 0.2) is 36.4 Å². The van der Waals surface area contributed by atoms with Crippen LogP contribution in [0, 0.1) is 5.82 Å². The Hall–Kier alpha value is -3.47. The zero-order chi connectivity index (χ0) is 25.8. The van der Waals surface area contributed by atoms with Crippen LogP contribution in [0.3, 0.4) is 0 Å². The van der Waals surface area contributed by atoms with Crippen molar-refractivity contribution in [2.45, 2.75) is 32.0 Å². The number of halogens is 2. The molecule has 1 saturated carbocycles. The van der Waals surface area contributed by atoms with Gasteiger partial charge in [0.05, 0.1) is 17.1 Å². The maximum atomic E-state index is 14.1. The molecule has 4 radical (unpaired) electrons. The fourth-order valence-electron chi connectivity index (χ4n) is 3.90. The van der Waals surface area contributed by atoms with Crippen molar-refractivity contribution in [1.29, 1.82) is 0 Å². The minimum absolute atomic E-state index is 0.0254. The summed E-state index contributed by atoms with van der Waals surface area (Å²) in [7, 11) is 8.24. The molecule has 0 aliphatic heterocycles. The van der Waals surface area contributed by atoms with Crippen molar-refractivity contribution in [3.8, 4) is 0 Å². The SMILES string of the molecule is [B][B][B]Nc1cccc2c(C(N)=O)nn(CC(=O)N(CC(=O)NCc3cccc(Cl)c3F)C3CC3)c12. The molecule has 1 aliphatic carbocycles. The molecule has 0 spiro atoms. The van der Waals surface area contributed by atoms with Crippen molar-refractivity contribution in [3.05, 3.63) is 58.5 Å². The predicted octanol–water partition coefficient (Wildman–Crippen LogP) is 0.969. The number of carbonyl (C=O) groups excluding carboxylic acids is 3. The average Bonchev–Trinajstić information content (AvgIpc) is 3.63. The van der Waals surface area contributed by atoms with Crippen LogP contribution in [0.2, 0.25) is 5.02 Å². The highest BCUT2D eigenvalue weighted by atomic mass is 35.5. The van der Waals surface area contributed by atoms with Crippen molar-refractivity contribution in [2.75, 3.05) is 11.8 Å². The first-order chi connectivity index (χ1) is 17.3. The van der Waals surface area contributed by atoms with E-state index >= 15 is 0 Å². The second-order valence-electron chi connectivity index (χ2n) is 8.32. The Labute approximate surface area is 214 Å². The van der Waals surface area contributed by atoms with Crippen molar-refractivity contribution < 1.29 is 18.8 Å². The number of nitrogens with two attached hydrogens (primary N) is 1. The molecular formula is C22H21B3ClFN6O3. The molecule has 0 saturated heterocycles. The molecule has 2 aromatic carbocycles. The minimum Gasteiger partial charge on any atom is -0.439 e. The van der Waals surface area contributed by atoms with Crippen LogP contribution in [-0.4, -0.2) is 67.1 Å². The van der Waals surface area contributed by atoms with E-state index < -0.39 is 17.6 Å². The smallest absolute Gasteiger partial charge is 0.269 e. The molecule has 9 nitrogen and oxygen atoms in total. The summed E-state index contributed by atoms with van der Waals surface area (Å²) in [6.45, 7) is -0.483. The molecule has 1 aromatic heterocycles. The summed E-state index contributed by atoms with van der Waals surface area (Å²) in [5.41, 5.74) is 6.84. The van der Waals surface area contributed by atoms with Crippen LogP contribution in [0.1, 0.15) is 28.9 Å². The number of fused-ring (bicyclic) bond motifs is 1. The van der Waals surface area contributed by atoms with Gasteiger partial charge in [-0.2, -0.15) is 5.10 Å². The van der Waals surface area contributed by atoms with Gasteiger partial charge in [0, 0.05) is 44.0 Å². The molecule has 1 aliphatic rings. The molecule has 3 aromatic rings. The van der Waals surface area contributed by atoms with E-state index in [1.807, 2.05) is 0 Å². The number of para-hydroxylation sites is 1. The summed E-state index contributed by atoms with van der Waals surface area (Å²) in [5, 5.41) is 10.3. The lowest BCUT2D eigenvalue weighted by atomic mass is 9.33. The molecule has 0 unspecified atom stereocenters. The van der Waals surface area contributed by atoms with Gasteiger partial charge in [0.25, 0.3) is 5.91 Å². The van der Waals surface area contributed by atoms with E-state index in [0.717, 1.165) is 12.8 Å². The summed E-state index contributed by atoms with van der Waals surface area (Å²) in [6, 6.07) is 9.61. The second kappa shape index (κ2) is 11.1. The van der Waals surface area contributed by atoms with Crippen LogP contribution < -0.4 is 16.3 Å². The van der Waals surface area contributed by atoms with Crippen molar-refractivity contribution in [2.24, 2.45) is 5.73 Å². The number of rotatable bonds is 11. The third kappa shape index (κ3) is 5.67. The fourth-order valence-corrected chi connectivity index (χ4v) is 4.10. The first-order valence-corrected chi connectivity index (χ1v) is 11.6. The summed E-state index contributed by atoms with van der Waals surface area (Å²) < 4.78 is 15.5. The van der Waals surface area contributed by atoms with Crippen molar-refractivity contribution in [3.63, 3.8) is 0 Å². The zero-order valence-electron chi connectivity index (χ0n) is 19.2. The average molecular weight is 504 g/mol. The Morgan fingerprint density at radius 2 is 2.00 bits per heavy atom. The van der Waals surface area contributed by atoms with Gasteiger partial charge in [-0.3, -0.25) is 19.1 Å². The van der Waals surface area contributed by atoms with Gasteiger partial charge in [-0.15, -0.1) is 0 Å². The lowest BCUT2D eigenvalue weighted by molar-refractivity contribution is -0.137. The van der Waals surface area contributed by atoms with Crippen LogP contribution in [0.4, 0.5) is 10.1 Å². The number of nitrogens with zero attached hydrogens (tertiary/aromatic N) is 3. The maximum Gasteiger partial charge on any atom is 0.269 e. The highest BCUT2D eigenvalue weighted by Gasteiger charge is 2.34. The topological polar surface area (TPSA) is 122 Å². The predicted molar refractivity (Wildman–Crippen MR) is 137 cm³/mol. The van der Waals surface area contributed by atoms with Crippen molar-refractivity contribution >= 4 is 68.0 Å². The fraction of sp³-hybridized carbons (Fsp3) is 0.273. The number of primary amides is 1. The summed E-state index contributed by atoms with van der Waals surface area (Å²) in [6.07, 6.45) is 1.53. The van der Waals surface area contributed by atoms with E-state index in [1.54, 1.807) is 24.3 Å². The molecule has 0 atom stereocenters. The van der Waals surface area contributed by atoms with Crippen LogP contribution in [0.5, 0.6) is 0 Å². The lowest BCUT2D eigenvalue weighted by Gasteiger charge is -2.22. The molecule has 4 N–H and O–H groups in total. The monoisotopic (exact) mass is 504 g/mol. The number of amides is 3. The van der Waals surface area contributed by atoms with E-state index in [-0.39, 0.29) is 47.9 Å². The Morgan fingerprint density at radius 1 is 1.25 bits per heavy atom. The number of benzene rings is 2. The standard InChI is InChI=1S/C22H21B3ClFN6O3/c23-24-25-30-16-6-2-4-14-20(22(28)36)31-33(21(14)16)11-18(35)32(13-7-8-13)10-17(34)29-9-12-3-1-5-15(26)19(12)27/h1-6,13,30H,7-11H2,(H2,28,36)(H,29,34). The summed E-state index contributed by atoms with van der Waals surface area (Å²) in [4.78, 5) is 39.4. The first kappa shape index (κ1) is 25.6. The number of aromatic nitrogens is 2. The van der Waals surface area contributed by atoms with E-state index in [0.29, 0.717) is 16.6 Å². The van der Waals surface area contributed by atoms with E-state index in [1.165, 1.54) is 36.1 Å². The second-order valence-corrected chi connectivity index (χ2v) is 8.73. The van der Waals surface area contributed by atoms with Gasteiger partial charge in [0.15, 0.2) is 13.0 Å². The van der Waals surface area contributed by atoms with Gasteiger partial charge in [0.1, 0.15) is 12.4 Å². The normalized spacial score (nSPS) is 12.7. The van der Waals surface area contributed by atoms with Gasteiger partial charge >= 0.3 is 0 Å². The molecule has 0 bridgehead atoms. The number of hydrogen-bond acceptors (Lipinski definition) is 5. The third-order valence-corrected chi connectivity index (χ3v) is 6.04. The largest absolute Gasteiger partial charge is 0.439 e. The Kier molecular flexibility index (Phi) is 7.88. The highest BCUT2D eigenvalue weighted by molar-refractivity contribution is 7.24. The molecule has 1 fully saturated rings. The van der Waals surface area contributed by atoms with Gasteiger partial charge in [0.2, 0.25) is 11.8 Å². The van der Waals surface area contributed by atoms with Crippen LogP contribution in [0.25, 0.3) is 10.9 Å². The van der Waals surface area contributed by atoms with Crippen LogP contribution in [-0.2, 0) is 22.7 Å². The highest BCUT2D eigenvalue weighted by Crippen LogP contribution is 2.29. The van der Waals surface area contributed by atoms with E-state index in [4.69, 9.17) is 25.1 Å². The number of anilines is 1. The summed E-state index contributed by atoms with van der Waals surface area (Å²) in [5.74, 6) is -2.12. The number of carbonyl (C=O) groups is 3. The molecule has 36 heavy (non-hydrogen) atoms. The van der Waals surface area contributed by atoms with Crippen molar-refractivity contribution in [1.82, 2.24) is 20.0 Å². The van der Waals surface area contributed by atoms with E-state index in [2.05, 4.69) is 15.6 Å². The molecule has 1 heterocycles. The Balaban J connectivity index is 1.51. The van der Waals surface area contributed by atoms with Gasteiger partial charge in [-0.25, -0.2) is 4.39 Å². The number of nitrogens with one attached hydrogen (secondary N) is 2. The van der Waals surface area contributed by atoms with Gasteiger partial charge in [-0.1, -0.05) is 35.9 Å². The third-order valence-electron chi connectivity index (χ3n) is 5.75. The number of hydrogen-bond donors (Lipinski definition) is 3. The Morgan fingerprint density at radius 3 is 2.69 bits per heavy atom. The molecule has 14 heteroatoms. The quantitative estimate of drug-likeness (QED) is 0.336. The molecule has 180 valence electrons.